The number of hydrogen-bond donors (Lipinski definition) is 1. The van der Waals surface area contributed by atoms with E-state index in [0.717, 1.165) is 5.56 Å². The van der Waals surface area contributed by atoms with Crippen LogP contribution in [0.2, 0.25) is 0 Å². The third kappa shape index (κ3) is 2.89. The van der Waals surface area contributed by atoms with Crippen LogP contribution in [-0.4, -0.2) is 14.3 Å². The molecule has 0 spiro atoms. The highest BCUT2D eigenvalue weighted by Crippen LogP contribution is 2.33. The van der Waals surface area contributed by atoms with Crippen LogP contribution in [0.1, 0.15) is 25.5 Å². The van der Waals surface area contributed by atoms with Gasteiger partial charge in [-0.05, 0) is 28.5 Å². The molecule has 120 valence electrons. The Morgan fingerprint density at radius 2 is 2.04 bits per heavy atom. The van der Waals surface area contributed by atoms with Gasteiger partial charge in [0.2, 0.25) is 5.82 Å². The number of nitrogens with zero attached hydrogens (tertiary/aromatic N) is 3. The number of hydrogen-bond acceptors (Lipinski definition) is 5. The second-order valence-corrected chi connectivity index (χ2v) is 6.39. The molecule has 0 saturated heterocycles. The molecule has 0 aliphatic carbocycles. The molecule has 1 N–H and O–H groups in total. The summed E-state index contributed by atoms with van der Waals surface area (Å²) in [5.41, 5.74) is 0.854. The lowest BCUT2D eigenvalue weighted by atomic mass is 9.96. The molecule has 2 aromatic heterocycles. The fraction of sp³-hybridized carbons (Fsp3) is 0.267. The highest BCUT2D eigenvalue weighted by Gasteiger charge is 2.27. The first kappa shape index (κ1) is 15.4. The van der Waals surface area contributed by atoms with Crippen LogP contribution in [0.25, 0.3) is 4.96 Å². The van der Waals surface area contributed by atoms with Crippen molar-refractivity contribution in [1.29, 1.82) is 0 Å². The van der Waals surface area contributed by atoms with Gasteiger partial charge >= 0.3 is 5.82 Å². The van der Waals surface area contributed by atoms with E-state index in [9.17, 15) is 14.5 Å². The molecule has 23 heavy (non-hydrogen) atoms. The lowest BCUT2D eigenvalue weighted by molar-refractivity contribution is -0.389. The summed E-state index contributed by atoms with van der Waals surface area (Å²) in [6, 6.07) is 5.91. The van der Waals surface area contributed by atoms with E-state index in [4.69, 9.17) is 0 Å². The Hall–Kier alpha value is -2.48. The molecule has 0 saturated carbocycles. The summed E-state index contributed by atoms with van der Waals surface area (Å²) in [4.78, 5) is 15.8. The van der Waals surface area contributed by atoms with E-state index in [1.165, 1.54) is 27.9 Å². The first-order chi connectivity index (χ1) is 11.0. The molecular formula is C15H15FN4O2S. The maximum absolute atomic E-state index is 13.1. The zero-order chi connectivity index (χ0) is 16.6. The number of aromatic nitrogens is 2. The molecule has 1 unspecified atom stereocenters. The van der Waals surface area contributed by atoms with E-state index < -0.39 is 4.92 Å². The van der Waals surface area contributed by atoms with Crippen LogP contribution < -0.4 is 5.32 Å². The number of nitro groups is 1. The van der Waals surface area contributed by atoms with Crippen molar-refractivity contribution in [1.82, 2.24) is 9.38 Å². The van der Waals surface area contributed by atoms with Crippen molar-refractivity contribution < 1.29 is 9.31 Å². The van der Waals surface area contributed by atoms with E-state index >= 15 is 0 Å². The van der Waals surface area contributed by atoms with Crippen molar-refractivity contribution in [3.8, 4) is 0 Å². The predicted octanol–water partition coefficient (Wildman–Crippen LogP) is 4.25. The molecule has 0 bridgehead atoms. The largest absolute Gasteiger partial charge is 0.372 e. The molecule has 8 heteroatoms. The van der Waals surface area contributed by atoms with Gasteiger partial charge in [0.25, 0.3) is 4.96 Å². The first-order valence-corrected chi connectivity index (χ1v) is 7.97. The smallest absolute Gasteiger partial charge is 0.358 e. The minimum Gasteiger partial charge on any atom is -0.358 e. The minimum absolute atomic E-state index is 0.0889. The van der Waals surface area contributed by atoms with Gasteiger partial charge in [-0.3, -0.25) is 0 Å². The molecule has 0 aliphatic heterocycles. The Kier molecular flexibility index (Phi) is 3.99. The van der Waals surface area contributed by atoms with Crippen LogP contribution in [0.4, 0.5) is 16.0 Å². The molecule has 0 amide bonds. The SMILES string of the molecule is CC(C)C(Nc1nc2sccn2c1[N+](=O)[O-])c1ccc(F)cc1. The molecule has 1 atom stereocenters. The quantitative estimate of drug-likeness (QED) is 0.559. The third-order valence-corrected chi connectivity index (χ3v) is 4.35. The summed E-state index contributed by atoms with van der Waals surface area (Å²) in [5, 5.41) is 16.3. The summed E-state index contributed by atoms with van der Waals surface area (Å²) < 4.78 is 14.6. The summed E-state index contributed by atoms with van der Waals surface area (Å²) in [6.07, 6.45) is 1.62. The Morgan fingerprint density at radius 3 is 2.65 bits per heavy atom. The van der Waals surface area contributed by atoms with Gasteiger partial charge in [0.05, 0.1) is 6.04 Å². The number of anilines is 1. The van der Waals surface area contributed by atoms with E-state index in [-0.39, 0.29) is 29.4 Å². The minimum atomic E-state index is -0.447. The van der Waals surface area contributed by atoms with E-state index in [2.05, 4.69) is 10.3 Å². The molecule has 2 heterocycles. The standard InChI is InChI=1S/C15H15FN4O2S/c1-9(2)12(10-3-5-11(16)6-4-10)17-13-14(20(21)22)19-7-8-23-15(19)18-13/h3-9,12,17H,1-2H3. The van der Waals surface area contributed by atoms with Gasteiger partial charge in [-0.25, -0.2) is 4.39 Å². The average Bonchev–Trinajstić information content (AvgIpc) is 3.05. The molecule has 0 aliphatic rings. The maximum atomic E-state index is 13.1. The highest BCUT2D eigenvalue weighted by atomic mass is 32.1. The first-order valence-electron chi connectivity index (χ1n) is 7.09. The predicted molar refractivity (Wildman–Crippen MR) is 87.3 cm³/mol. The zero-order valence-corrected chi connectivity index (χ0v) is 13.4. The molecule has 6 nitrogen and oxygen atoms in total. The number of rotatable bonds is 5. The van der Waals surface area contributed by atoms with Crippen LogP contribution in [0, 0.1) is 21.8 Å². The Labute approximate surface area is 135 Å². The van der Waals surface area contributed by atoms with Crippen molar-refractivity contribution in [2.75, 3.05) is 5.32 Å². The number of imidazole rings is 1. The lowest BCUT2D eigenvalue weighted by Gasteiger charge is -2.22. The van der Waals surface area contributed by atoms with Crippen molar-refractivity contribution in [2.45, 2.75) is 19.9 Å². The zero-order valence-electron chi connectivity index (χ0n) is 12.6. The summed E-state index contributed by atoms with van der Waals surface area (Å²) in [5.74, 6) is -0.0385. The topological polar surface area (TPSA) is 72.5 Å². The van der Waals surface area contributed by atoms with Crippen LogP contribution in [0.5, 0.6) is 0 Å². The molecule has 3 aromatic rings. The number of fused-ring (bicyclic) bond motifs is 1. The van der Waals surface area contributed by atoms with E-state index in [1.54, 1.807) is 23.7 Å². The molecule has 3 rings (SSSR count). The van der Waals surface area contributed by atoms with Gasteiger partial charge < -0.3 is 15.4 Å². The van der Waals surface area contributed by atoms with Gasteiger partial charge in [0, 0.05) is 5.38 Å². The van der Waals surface area contributed by atoms with Gasteiger partial charge in [0.15, 0.2) is 0 Å². The highest BCUT2D eigenvalue weighted by molar-refractivity contribution is 7.15. The molecular weight excluding hydrogens is 319 g/mol. The summed E-state index contributed by atoms with van der Waals surface area (Å²) in [6.45, 7) is 3.98. The number of benzene rings is 1. The van der Waals surface area contributed by atoms with Crippen LogP contribution in [0.3, 0.4) is 0 Å². The van der Waals surface area contributed by atoms with Crippen molar-refractivity contribution >= 4 is 27.9 Å². The number of halogens is 1. The second kappa shape index (κ2) is 5.96. The fourth-order valence-corrected chi connectivity index (χ4v) is 3.21. The average molecular weight is 334 g/mol. The van der Waals surface area contributed by atoms with Gasteiger partial charge in [0.1, 0.15) is 12.0 Å². The normalized spacial score (nSPS) is 12.7. The van der Waals surface area contributed by atoms with E-state index in [0.29, 0.717) is 4.96 Å². The van der Waals surface area contributed by atoms with E-state index in [1.807, 2.05) is 13.8 Å². The fourth-order valence-electron chi connectivity index (χ4n) is 2.50. The number of thiazole rings is 1. The Balaban J connectivity index is 2.00. The van der Waals surface area contributed by atoms with Crippen molar-refractivity contribution in [2.24, 2.45) is 5.92 Å². The van der Waals surface area contributed by atoms with Crippen LogP contribution >= 0.6 is 11.3 Å². The monoisotopic (exact) mass is 334 g/mol. The maximum Gasteiger partial charge on any atom is 0.372 e. The third-order valence-electron chi connectivity index (χ3n) is 3.60. The van der Waals surface area contributed by atoms with Crippen molar-refractivity contribution in [3.05, 3.63) is 57.3 Å². The van der Waals surface area contributed by atoms with Crippen LogP contribution in [0.15, 0.2) is 35.8 Å². The molecule has 1 aromatic carbocycles. The lowest BCUT2D eigenvalue weighted by Crippen LogP contribution is -2.17. The Morgan fingerprint density at radius 1 is 1.35 bits per heavy atom. The van der Waals surface area contributed by atoms with Gasteiger partial charge in [-0.2, -0.15) is 9.38 Å². The van der Waals surface area contributed by atoms with Crippen LogP contribution in [-0.2, 0) is 0 Å². The summed E-state index contributed by atoms with van der Waals surface area (Å²) >= 11 is 1.33. The van der Waals surface area contributed by atoms with Gasteiger partial charge in [-0.15, -0.1) is 0 Å². The second-order valence-electron chi connectivity index (χ2n) is 5.51. The van der Waals surface area contributed by atoms with Crippen molar-refractivity contribution in [3.63, 3.8) is 0 Å². The number of nitrogens with one attached hydrogen (secondary N) is 1. The molecule has 0 radical (unpaired) electrons. The van der Waals surface area contributed by atoms with Gasteiger partial charge in [-0.1, -0.05) is 37.3 Å². The summed E-state index contributed by atoms with van der Waals surface area (Å²) in [7, 11) is 0. The molecule has 0 fully saturated rings. The Bertz CT molecular complexity index is 841.